The lowest BCUT2D eigenvalue weighted by molar-refractivity contribution is 0.503. The van der Waals surface area contributed by atoms with Crippen LogP contribution in [0.1, 0.15) is 30.7 Å². The van der Waals surface area contributed by atoms with Crippen LogP contribution in [-0.4, -0.2) is 24.5 Å². The van der Waals surface area contributed by atoms with E-state index in [2.05, 4.69) is 34.5 Å². The van der Waals surface area contributed by atoms with Crippen molar-refractivity contribution in [2.45, 2.75) is 32.7 Å². The van der Waals surface area contributed by atoms with E-state index in [1.54, 1.807) is 25.4 Å². The van der Waals surface area contributed by atoms with Crippen LogP contribution in [0.15, 0.2) is 47.6 Å². The molecule has 2 rings (SSSR count). The van der Waals surface area contributed by atoms with Crippen molar-refractivity contribution >= 4 is 29.9 Å². The normalized spacial score (nSPS) is 11.6. The molecule has 0 saturated heterocycles. The van der Waals surface area contributed by atoms with Gasteiger partial charge >= 0.3 is 0 Å². The van der Waals surface area contributed by atoms with Crippen molar-refractivity contribution in [1.29, 1.82) is 0 Å². The van der Waals surface area contributed by atoms with Gasteiger partial charge in [0.05, 0.1) is 12.2 Å². The molecule has 6 heteroatoms. The van der Waals surface area contributed by atoms with Crippen LogP contribution in [0.2, 0.25) is 0 Å². The summed E-state index contributed by atoms with van der Waals surface area (Å²) in [6.07, 6.45) is 1.78. The van der Waals surface area contributed by atoms with Gasteiger partial charge in [0.1, 0.15) is 5.82 Å². The molecule has 0 bridgehead atoms. The van der Waals surface area contributed by atoms with Crippen molar-refractivity contribution < 1.29 is 4.39 Å². The fraction of sp³-hybridized carbons (Fsp3) is 0.368. The van der Waals surface area contributed by atoms with Crippen LogP contribution in [0.5, 0.6) is 0 Å². The quantitative estimate of drug-likeness (QED) is 0.409. The Labute approximate surface area is 166 Å². The number of halogens is 2. The maximum atomic E-state index is 13.4. The van der Waals surface area contributed by atoms with Crippen LogP contribution >= 0.6 is 24.0 Å². The summed E-state index contributed by atoms with van der Waals surface area (Å²) in [5, 5.41) is 6.57. The largest absolute Gasteiger partial charge is 0.356 e. The van der Waals surface area contributed by atoms with E-state index >= 15 is 0 Å². The fourth-order valence-electron chi connectivity index (χ4n) is 2.41. The molecule has 0 fully saturated rings. The van der Waals surface area contributed by atoms with E-state index in [4.69, 9.17) is 0 Å². The zero-order valence-electron chi connectivity index (χ0n) is 15.1. The molecule has 1 aromatic carbocycles. The molecule has 0 amide bonds. The van der Waals surface area contributed by atoms with Gasteiger partial charge in [0.15, 0.2) is 5.96 Å². The van der Waals surface area contributed by atoms with Gasteiger partial charge < -0.3 is 10.6 Å². The van der Waals surface area contributed by atoms with Gasteiger partial charge in [-0.05, 0) is 36.2 Å². The Hall–Kier alpha value is -1.70. The van der Waals surface area contributed by atoms with E-state index < -0.39 is 0 Å². The summed E-state index contributed by atoms with van der Waals surface area (Å²) in [5.74, 6) is 0.484. The van der Waals surface area contributed by atoms with Gasteiger partial charge in [-0.25, -0.2) is 4.39 Å². The number of hydrogen-bond acceptors (Lipinski definition) is 2. The Morgan fingerprint density at radius 3 is 2.60 bits per heavy atom. The van der Waals surface area contributed by atoms with Crippen LogP contribution in [-0.2, 0) is 12.0 Å². The van der Waals surface area contributed by atoms with Crippen LogP contribution < -0.4 is 10.6 Å². The molecule has 136 valence electrons. The molecule has 1 aromatic heterocycles. The van der Waals surface area contributed by atoms with Gasteiger partial charge in [0.25, 0.3) is 0 Å². The van der Waals surface area contributed by atoms with Gasteiger partial charge in [-0.1, -0.05) is 32.0 Å². The number of hydrogen-bond donors (Lipinski definition) is 2. The Balaban J connectivity index is 0.00000312. The summed E-state index contributed by atoms with van der Waals surface area (Å²) in [4.78, 5) is 8.60. The van der Waals surface area contributed by atoms with Crippen molar-refractivity contribution in [2.24, 2.45) is 4.99 Å². The maximum absolute atomic E-state index is 13.4. The molecule has 25 heavy (non-hydrogen) atoms. The lowest BCUT2D eigenvalue weighted by Gasteiger charge is -2.27. The standard InChI is InChI=1S/C19H25FN4.HI/c1-14-7-6-10-22-17(14)12-23-18(21-4)24-13-19(2,3)15-8-5-9-16(20)11-15;/h5-11H,12-13H2,1-4H3,(H2,21,23,24);1H. The van der Waals surface area contributed by atoms with Crippen LogP contribution in [0.25, 0.3) is 0 Å². The first-order valence-corrected chi connectivity index (χ1v) is 8.03. The minimum Gasteiger partial charge on any atom is -0.356 e. The average Bonchev–Trinajstić information content (AvgIpc) is 2.56. The second-order valence-corrected chi connectivity index (χ2v) is 6.44. The highest BCUT2D eigenvalue weighted by Crippen LogP contribution is 2.22. The van der Waals surface area contributed by atoms with Crippen molar-refractivity contribution in [1.82, 2.24) is 15.6 Å². The van der Waals surface area contributed by atoms with Gasteiger partial charge in [-0.15, -0.1) is 24.0 Å². The summed E-state index contributed by atoms with van der Waals surface area (Å²) < 4.78 is 13.4. The monoisotopic (exact) mass is 456 g/mol. The SMILES string of the molecule is CN=C(NCc1ncccc1C)NCC(C)(C)c1cccc(F)c1.I. The highest BCUT2D eigenvalue weighted by Gasteiger charge is 2.21. The first-order chi connectivity index (χ1) is 11.4. The van der Waals surface area contributed by atoms with Crippen molar-refractivity contribution in [3.05, 3.63) is 65.2 Å². The van der Waals surface area contributed by atoms with Gasteiger partial charge in [-0.2, -0.15) is 0 Å². The summed E-state index contributed by atoms with van der Waals surface area (Å²) in [6, 6.07) is 10.7. The number of nitrogens with one attached hydrogen (secondary N) is 2. The van der Waals surface area contributed by atoms with Crippen LogP contribution in [0.4, 0.5) is 4.39 Å². The molecule has 4 nitrogen and oxygen atoms in total. The number of pyridine rings is 1. The number of benzene rings is 1. The number of aryl methyl sites for hydroxylation is 1. The summed E-state index contributed by atoms with van der Waals surface area (Å²) in [7, 11) is 1.73. The molecule has 0 unspecified atom stereocenters. The number of aromatic nitrogens is 1. The lowest BCUT2D eigenvalue weighted by Crippen LogP contribution is -2.43. The van der Waals surface area contributed by atoms with E-state index in [1.165, 1.54) is 6.07 Å². The van der Waals surface area contributed by atoms with E-state index in [0.29, 0.717) is 19.0 Å². The minimum atomic E-state index is -0.222. The molecule has 0 aliphatic carbocycles. The van der Waals surface area contributed by atoms with E-state index in [0.717, 1.165) is 16.8 Å². The molecule has 2 N–H and O–H groups in total. The smallest absolute Gasteiger partial charge is 0.191 e. The second-order valence-electron chi connectivity index (χ2n) is 6.44. The maximum Gasteiger partial charge on any atom is 0.191 e. The minimum absolute atomic E-state index is 0. The van der Waals surface area contributed by atoms with Crippen molar-refractivity contribution in [3.8, 4) is 0 Å². The molecule has 1 heterocycles. The number of nitrogens with zero attached hydrogens (tertiary/aromatic N) is 2. The van der Waals surface area contributed by atoms with E-state index in [1.807, 2.05) is 25.1 Å². The summed E-state index contributed by atoms with van der Waals surface area (Å²) >= 11 is 0. The predicted octanol–water partition coefficient (Wildman–Crippen LogP) is 3.79. The first kappa shape index (κ1) is 21.3. The lowest BCUT2D eigenvalue weighted by atomic mass is 9.84. The molecule has 0 spiro atoms. The average molecular weight is 456 g/mol. The number of rotatable bonds is 5. The highest BCUT2D eigenvalue weighted by atomic mass is 127. The van der Waals surface area contributed by atoms with E-state index in [9.17, 15) is 4.39 Å². The third kappa shape index (κ3) is 6.26. The summed E-state index contributed by atoms with van der Waals surface area (Å²) in [6.45, 7) is 7.42. The second kappa shape index (κ2) is 9.70. The predicted molar refractivity (Wildman–Crippen MR) is 112 cm³/mol. The molecule has 0 saturated carbocycles. The third-order valence-corrected chi connectivity index (χ3v) is 4.07. The van der Waals surface area contributed by atoms with Crippen LogP contribution in [0, 0.1) is 12.7 Å². The Morgan fingerprint density at radius 1 is 1.20 bits per heavy atom. The van der Waals surface area contributed by atoms with E-state index in [-0.39, 0.29) is 35.2 Å². The number of guanidine groups is 1. The molecular weight excluding hydrogens is 430 g/mol. The Bertz CT molecular complexity index is 716. The zero-order chi connectivity index (χ0) is 17.6. The van der Waals surface area contributed by atoms with Crippen LogP contribution in [0.3, 0.4) is 0 Å². The molecule has 2 aromatic rings. The highest BCUT2D eigenvalue weighted by molar-refractivity contribution is 14.0. The Morgan fingerprint density at radius 2 is 1.96 bits per heavy atom. The first-order valence-electron chi connectivity index (χ1n) is 8.03. The molecular formula is C19H26FIN4. The molecule has 0 aliphatic rings. The molecule has 0 radical (unpaired) electrons. The topological polar surface area (TPSA) is 49.3 Å². The molecule has 0 atom stereocenters. The van der Waals surface area contributed by atoms with Gasteiger partial charge in [0.2, 0.25) is 0 Å². The zero-order valence-corrected chi connectivity index (χ0v) is 17.5. The molecule has 0 aliphatic heterocycles. The van der Waals surface area contributed by atoms with Crippen molar-refractivity contribution in [3.63, 3.8) is 0 Å². The fourth-order valence-corrected chi connectivity index (χ4v) is 2.41. The van der Waals surface area contributed by atoms with Gasteiger partial charge in [0, 0.05) is 25.2 Å². The Kier molecular flexibility index (Phi) is 8.28. The number of aliphatic imine (C=N–C) groups is 1. The van der Waals surface area contributed by atoms with Crippen molar-refractivity contribution in [2.75, 3.05) is 13.6 Å². The van der Waals surface area contributed by atoms with Gasteiger partial charge in [-0.3, -0.25) is 9.98 Å². The summed E-state index contributed by atoms with van der Waals surface area (Å²) in [5.41, 5.74) is 2.86. The third-order valence-electron chi connectivity index (χ3n) is 4.07.